The number of nitrogens with one attached hydrogen (secondary N) is 1. The first-order valence-corrected chi connectivity index (χ1v) is 9.69. The Balaban J connectivity index is 2.18. The van der Waals surface area contributed by atoms with Crippen molar-refractivity contribution in [2.75, 3.05) is 20.8 Å². The van der Waals surface area contributed by atoms with Crippen molar-refractivity contribution >= 4 is 16.7 Å². The molecule has 0 aliphatic heterocycles. The van der Waals surface area contributed by atoms with E-state index in [1.54, 1.807) is 37.1 Å². The summed E-state index contributed by atoms with van der Waals surface area (Å²) in [6, 6.07) is 3.56. The van der Waals surface area contributed by atoms with Crippen LogP contribution in [0.15, 0.2) is 23.1 Å². The number of hydrogen-bond donors (Lipinski definition) is 1. The number of methoxy groups -OCH3 is 2. The molecule has 6 nitrogen and oxygen atoms in total. The molecule has 1 saturated carbocycles. The van der Waals surface area contributed by atoms with Crippen molar-refractivity contribution in [1.29, 1.82) is 0 Å². The highest BCUT2D eigenvalue weighted by Crippen LogP contribution is 2.34. The third kappa shape index (κ3) is 3.80. The maximum atomic E-state index is 13.2. The second kappa shape index (κ2) is 8.46. The number of carbonyl (C=O) groups is 1. The van der Waals surface area contributed by atoms with E-state index in [1.807, 2.05) is 0 Å². The molecule has 1 amide bonds. The first-order valence-electron chi connectivity index (χ1n) is 9.69. The molecule has 0 saturated heterocycles. The Hall–Kier alpha value is -2.50. The summed E-state index contributed by atoms with van der Waals surface area (Å²) < 4.78 is 12.5. The Morgan fingerprint density at radius 2 is 1.78 bits per heavy atom. The molecule has 1 aromatic heterocycles. The molecule has 2 aromatic rings. The molecule has 0 bridgehead atoms. The molecule has 27 heavy (non-hydrogen) atoms. The van der Waals surface area contributed by atoms with Gasteiger partial charge in [-0.15, -0.1) is 0 Å². The molecular formula is C21H28N2O4. The fourth-order valence-corrected chi connectivity index (χ4v) is 3.79. The lowest BCUT2D eigenvalue weighted by molar-refractivity contribution is 0.0954. The van der Waals surface area contributed by atoms with E-state index in [-0.39, 0.29) is 17.5 Å². The van der Waals surface area contributed by atoms with E-state index in [1.165, 1.54) is 0 Å². The van der Waals surface area contributed by atoms with Gasteiger partial charge in [0.05, 0.1) is 25.2 Å². The van der Waals surface area contributed by atoms with Crippen LogP contribution in [0.4, 0.5) is 0 Å². The van der Waals surface area contributed by atoms with Gasteiger partial charge in [0.1, 0.15) is 0 Å². The van der Waals surface area contributed by atoms with Gasteiger partial charge < -0.3 is 19.4 Å². The summed E-state index contributed by atoms with van der Waals surface area (Å²) in [5, 5.41) is 4.06. The summed E-state index contributed by atoms with van der Waals surface area (Å²) in [5.74, 6) is 0.835. The van der Waals surface area contributed by atoms with E-state index in [0.29, 0.717) is 34.4 Å². The summed E-state index contributed by atoms with van der Waals surface area (Å²) >= 11 is 0. The van der Waals surface area contributed by atoms with Crippen LogP contribution in [0.2, 0.25) is 0 Å². The van der Waals surface area contributed by atoms with Gasteiger partial charge in [0, 0.05) is 24.2 Å². The summed E-state index contributed by atoms with van der Waals surface area (Å²) in [6.07, 6.45) is 7.81. The lowest BCUT2D eigenvalue weighted by Crippen LogP contribution is -2.29. The lowest BCUT2D eigenvalue weighted by atomic mass is 10.0. The van der Waals surface area contributed by atoms with Crippen LogP contribution in [0.25, 0.3) is 10.8 Å². The van der Waals surface area contributed by atoms with Gasteiger partial charge in [-0.25, -0.2) is 0 Å². The minimum absolute atomic E-state index is 0.0806. The zero-order valence-electron chi connectivity index (χ0n) is 16.3. The Kier molecular flexibility index (Phi) is 6.04. The van der Waals surface area contributed by atoms with Crippen molar-refractivity contribution in [2.45, 2.75) is 51.5 Å². The van der Waals surface area contributed by atoms with Gasteiger partial charge in [-0.2, -0.15) is 0 Å². The van der Waals surface area contributed by atoms with Crippen molar-refractivity contribution in [2.24, 2.45) is 0 Å². The molecule has 1 N–H and O–H groups in total. The topological polar surface area (TPSA) is 69.6 Å². The van der Waals surface area contributed by atoms with Gasteiger partial charge in [0.15, 0.2) is 11.5 Å². The van der Waals surface area contributed by atoms with Gasteiger partial charge in [-0.1, -0.05) is 26.2 Å². The largest absolute Gasteiger partial charge is 0.493 e. The van der Waals surface area contributed by atoms with Crippen LogP contribution >= 0.6 is 0 Å². The number of carbonyl (C=O) groups excluding carboxylic acids is 1. The van der Waals surface area contributed by atoms with Crippen molar-refractivity contribution in [1.82, 2.24) is 9.88 Å². The Morgan fingerprint density at radius 3 is 2.37 bits per heavy atom. The van der Waals surface area contributed by atoms with Crippen molar-refractivity contribution in [3.63, 3.8) is 0 Å². The standard InChI is InChI=1S/C21H28N2O4/c1-4-5-10-22-20(24)17-13-23(14-8-6-7-9-14)21(25)16-12-19(27-3)18(26-2)11-15(16)17/h11-14H,4-10H2,1-3H3,(H,22,24). The number of rotatable bonds is 7. The summed E-state index contributed by atoms with van der Waals surface area (Å²) in [4.78, 5) is 26.0. The van der Waals surface area contributed by atoms with E-state index in [9.17, 15) is 9.59 Å². The highest BCUT2D eigenvalue weighted by atomic mass is 16.5. The SMILES string of the molecule is CCCCNC(=O)c1cn(C2CCCC2)c(=O)c2cc(OC)c(OC)cc12. The number of aromatic nitrogens is 1. The minimum Gasteiger partial charge on any atom is -0.493 e. The minimum atomic E-state index is -0.160. The number of unbranched alkanes of at least 4 members (excludes halogenated alkanes) is 1. The fourth-order valence-electron chi connectivity index (χ4n) is 3.79. The van der Waals surface area contributed by atoms with E-state index < -0.39 is 0 Å². The molecule has 0 unspecified atom stereocenters. The van der Waals surface area contributed by atoms with Crippen molar-refractivity contribution in [3.05, 3.63) is 34.2 Å². The number of pyridine rings is 1. The molecule has 1 heterocycles. The van der Waals surface area contributed by atoms with Crippen LogP contribution in [-0.4, -0.2) is 31.2 Å². The normalized spacial score (nSPS) is 14.5. The highest BCUT2D eigenvalue weighted by Gasteiger charge is 2.23. The van der Waals surface area contributed by atoms with E-state index in [2.05, 4.69) is 12.2 Å². The van der Waals surface area contributed by atoms with Crippen LogP contribution in [0.1, 0.15) is 61.8 Å². The van der Waals surface area contributed by atoms with Crippen LogP contribution in [0.3, 0.4) is 0 Å². The summed E-state index contributed by atoms with van der Waals surface area (Å²) in [6.45, 7) is 2.70. The summed E-state index contributed by atoms with van der Waals surface area (Å²) in [5.41, 5.74) is 0.427. The Bertz CT molecular complexity index is 882. The van der Waals surface area contributed by atoms with Crippen molar-refractivity contribution in [3.8, 4) is 11.5 Å². The van der Waals surface area contributed by atoms with Gasteiger partial charge in [-0.3, -0.25) is 9.59 Å². The van der Waals surface area contributed by atoms with Crippen molar-refractivity contribution < 1.29 is 14.3 Å². The zero-order chi connectivity index (χ0) is 19.4. The zero-order valence-corrected chi connectivity index (χ0v) is 16.3. The molecule has 6 heteroatoms. The first kappa shape index (κ1) is 19.3. The summed E-state index contributed by atoms with van der Waals surface area (Å²) in [7, 11) is 3.09. The Labute approximate surface area is 159 Å². The second-order valence-electron chi connectivity index (χ2n) is 7.06. The van der Waals surface area contributed by atoms with Gasteiger partial charge in [0.25, 0.3) is 11.5 Å². The van der Waals surface area contributed by atoms with Gasteiger partial charge in [0.2, 0.25) is 0 Å². The first-order chi connectivity index (χ1) is 13.1. The molecule has 0 atom stereocenters. The molecular weight excluding hydrogens is 344 g/mol. The lowest BCUT2D eigenvalue weighted by Gasteiger charge is -2.18. The van der Waals surface area contributed by atoms with E-state index in [0.717, 1.165) is 38.5 Å². The average Bonchev–Trinajstić information content (AvgIpc) is 3.22. The maximum absolute atomic E-state index is 13.2. The number of fused-ring (bicyclic) bond motifs is 1. The van der Waals surface area contributed by atoms with E-state index in [4.69, 9.17) is 9.47 Å². The van der Waals surface area contributed by atoms with Gasteiger partial charge in [-0.05, 0) is 31.4 Å². The molecule has 146 valence electrons. The van der Waals surface area contributed by atoms with Crippen LogP contribution in [0.5, 0.6) is 11.5 Å². The van der Waals surface area contributed by atoms with Crippen LogP contribution in [0, 0.1) is 0 Å². The smallest absolute Gasteiger partial charge is 0.258 e. The number of nitrogens with zero attached hydrogens (tertiary/aromatic N) is 1. The third-order valence-corrected chi connectivity index (χ3v) is 5.33. The molecule has 0 spiro atoms. The molecule has 1 aliphatic rings. The number of ether oxygens (including phenoxy) is 2. The predicted molar refractivity (Wildman–Crippen MR) is 106 cm³/mol. The molecule has 0 radical (unpaired) electrons. The van der Waals surface area contributed by atoms with Crippen LogP contribution < -0.4 is 20.3 Å². The monoisotopic (exact) mass is 372 g/mol. The quantitative estimate of drug-likeness (QED) is 0.753. The molecule has 3 rings (SSSR count). The third-order valence-electron chi connectivity index (χ3n) is 5.33. The van der Waals surface area contributed by atoms with E-state index >= 15 is 0 Å². The Morgan fingerprint density at radius 1 is 1.15 bits per heavy atom. The fraction of sp³-hybridized carbons (Fsp3) is 0.524. The number of benzene rings is 1. The maximum Gasteiger partial charge on any atom is 0.258 e. The second-order valence-corrected chi connectivity index (χ2v) is 7.06. The average molecular weight is 372 g/mol. The highest BCUT2D eigenvalue weighted by molar-refractivity contribution is 6.07. The number of hydrogen-bond acceptors (Lipinski definition) is 4. The molecule has 1 fully saturated rings. The molecule has 1 aromatic carbocycles. The van der Waals surface area contributed by atoms with Crippen LogP contribution in [-0.2, 0) is 0 Å². The predicted octanol–water partition coefficient (Wildman–Crippen LogP) is 3.66. The molecule has 1 aliphatic carbocycles. The van der Waals surface area contributed by atoms with Gasteiger partial charge >= 0.3 is 0 Å². The number of amides is 1.